The number of hydrogen-bond donors (Lipinski definition) is 2. The first-order valence-corrected chi connectivity index (χ1v) is 8.65. The molecule has 0 bridgehead atoms. The molecule has 5 heteroatoms. The number of carbonyl (C=O) groups is 1. The first-order valence-electron chi connectivity index (χ1n) is 6.99. The van der Waals surface area contributed by atoms with Gasteiger partial charge in [-0.3, -0.25) is 4.79 Å². The van der Waals surface area contributed by atoms with Crippen LogP contribution in [0.4, 0.5) is 5.69 Å². The molecule has 1 fully saturated rings. The van der Waals surface area contributed by atoms with Crippen LogP contribution >= 0.6 is 23.4 Å². The summed E-state index contributed by atoms with van der Waals surface area (Å²) in [5.41, 5.74) is 0.784. The van der Waals surface area contributed by atoms with Crippen molar-refractivity contribution in [2.24, 2.45) is 0 Å². The van der Waals surface area contributed by atoms with Gasteiger partial charge in [-0.25, -0.2) is 0 Å². The van der Waals surface area contributed by atoms with Crippen molar-refractivity contribution in [2.75, 3.05) is 18.1 Å². The number of carbonyl (C=O) groups excluding carboxylic acids is 1. The molecule has 0 heterocycles. The molecule has 2 unspecified atom stereocenters. The number of nitrogens with one attached hydrogen (secondary N) is 2. The summed E-state index contributed by atoms with van der Waals surface area (Å²) in [5, 5.41) is 7.64. The van der Waals surface area contributed by atoms with E-state index in [1.807, 2.05) is 23.9 Å². The van der Waals surface area contributed by atoms with Gasteiger partial charge in [-0.2, -0.15) is 11.8 Å². The first-order chi connectivity index (χ1) is 9.67. The molecule has 2 N–H and O–H groups in total. The predicted octanol–water partition coefficient (Wildman–Crippen LogP) is 3.54. The van der Waals surface area contributed by atoms with Crippen molar-refractivity contribution in [2.45, 2.75) is 37.0 Å². The van der Waals surface area contributed by atoms with E-state index in [0.717, 1.165) is 17.4 Å². The van der Waals surface area contributed by atoms with Gasteiger partial charge in [0.25, 0.3) is 0 Å². The maximum atomic E-state index is 11.9. The number of thioether (sulfide) groups is 1. The average molecular weight is 313 g/mol. The van der Waals surface area contributed by atoms with E-state index < -0.39 is 0 Å². The van der Waals surface area contributed by atoms with Crippen LogP contribution in [0.25, 0.3) is 0 Å². The molecule has 0 spiro atoms. The summed E-state index contributed by atoms with van der Waals surface area (Å²) in [6.07, 6.45) is 7.05. The van der Waals surface area contributed by atoms with Crippen LogP contribution in [0.1, 0.15) is 25.7 Å². The summed E-state index contributed by atoms with van der Waals surface area (Å²) in [5.74, 6) is -0.00130. The third kappa shape index (κ3) is 5.00. The number of rotatable bonds is 5. The number of benzene rings is 1. The molecule has 2 rings (SSSR count). The van der Waals surface area contributed by atoms with Gasteiger partial charge in [0.2, 0.25) is 5.91 Å². The highest BCUT2D eigenvalue weighted by Gasteiger charge is 2.21. The monoisotopic (exact) mass is 312 g/mol. The Morgan fingerprint density at radius 1 is 1.35 bits per heavy atom. The lowest BCUT2D eigenvalue weighted by Gasteiger charge is -2.28. The molecule has 3 nitrogen and oxygen atoms in total. The Balaban J connectivity index is 1.73. The Hall–Kier alpha value is -0.710. The van der Waals surface area contributed by atoms with Crippen molar-refractivity contribution in [3.05, 3.63) is 29.3 Å². The summed E-state index contributed by atoms with van der Waals surface area (Å²) < 4.78 is 0. The van der Waals surface area contributed by atoms with E-state index in [2.05, 4.69) is 16.9 Å². The van der Waals surface area contributed by atoms with Gasteiger partial charge < -0.3 is 10.6 Å². The molecule has 1 aromatic rings. The molecule has 2 atom stereocenters. The van der Waals surface area contributed by atoms with E-state index in [-0.39, 0.29) is 5.91 Å². The van der Waals surface area contributed by atoms with Crippen LogP contribution in [0.5, 0.6) is 0 Å². The molecular weight excluding hydrogens is 292 g/mol. The molecule has 1 amide bonds. The highest BCUT2D eigenvalue weighted by molar-refractivity contribution is 7.99. The van der Waals surface area contributed by atoms with Gasteiger partial charge >= 0.3 is 0 Å². The molecule has 1 saturated carbocycles. The Kier molecular flexibility index (Phi) is 6.20. The minimum absolute atomic E-state index is 0.00130. The van der Waals surface area contributed by atoms with Crippen molar-refractivity contribution in [1.29, 1.82) is 0 Å². The highest BCUT2D eigenvalue weighted by atomic mass is 35.5. The van der Waals surface area contributed by atoms with Gasteiger partial charge in [-0.15, -0.1) is 0 Å². The van der Waals surface area contributed by atoms with E-state index >= 15 is 0 Å². The fraction of sp³-hybridized carbons (Fsp3) is 0.533. The topological polar surface area (TPSA) is 41.1 Å². The summed E-state index contributed by atoms with van der Waals surface area (Å²) in [4.78, 5) is 11.9. The van der Waals surface area contributed by atoms with E-state index in [1.165, 1.54) is 19.3 Å². The van der Waals surface area contributed by atoms with E-state index in [9.17, 15) is 4.79 Å². The zero-order valence-electron chi connectivity index (χ0n) is 11.7. The third-order valence-electron chi connectivity index (χ3n) is 3.64. The SMILES string of the molecule is CSC1CCCC(NCC(=O)Nc2ccc(Cl)cc2)C1. The van der Waals surface area contributed by atoms with Crippen molar-refractivity contribution < 1.29 is 4.79 Å². The Bertz CT molecular complexity index is 438. The summed E-state index contributed by atoms with van der Waals surface area (Å²) in [7, 11) is 0. The second kappa shape index (κ2) is 7.91. The average Bonchev–Trinajstić information content (AvgIpc) is 2.48. The normalized spacial score (nSPS) is 22.5. The lowest BCUT2D eigenvalue weighted by Crippen LogP contribution is -2.39. The maximum absolute atomic E-state index is 11.9. The lowest BCUT2D eigenvalue weighted by atomic mass is 9.95. The number of anilines is 1. The van der Waals surface area contributed by atoms with Crippen LogP contribution in [0.15, 0.2) is 24.3 Å². The quantitative estimate of drug-likeness (QED) is 0.873. The minimum atomic E-state index is -0.00130. The standard InChI is InChI=1S/C15H21ClN2OS/c1-20-14-4-2-3-13(9-14)17-10-15(19)18-12-7-5-11(16)6-8-12/h5-8,13-14,17H,2-4,9-10H2,1H3,(H,18,19). The predicted molar refractivity (Wildman–Crippen MR) is 87.6 cm³/mol. The minimum Gasteiger partial charge on any atom is -0.325 e. The van der Waals surface area contributed by atoms with Gasteiger partial charge in [-0.1, -0.05) is 18.0 Å². The molecule has 1 aliphatic carbocycles. The lowest BCUT2D eigenvalue weighted by molar-refractivity contribution is -0.115. The van der Waals surface area contributed by atoms with Crippen LogP contribution in [0.3, 0.4) is 0 Å². The Labute approximate surface area is 129 Å². The molecule has 1 aromatic carbocycles. The van der Waals surface area contributed by atoms with Crippen molar-refractivity contribution in [3.8, 4) is 0 Å². The van der Waals surface area contributed by atoms with Gasteiger partial charge in [-0.05, 0) is 49.8 Å². The smallest absolute Gasteiger partial charge is 0.238 e. The van der Waals surface area contributed by atoms with Crippen molar-refractivity contribution in [3.63, 3.8) is 0 Å². The maximum Gasteiger partial charge on any atom is 0.238 e. The number of amides is 1. The molecule has 0 radical (unpaired) electrons. The highest BCUT2D eigenvalue weighted by Crippen LogP contribution is 2.26. The molecule has 0 aliphatic heterocycles. The fourth-order valence-corrected chi connectivity index (χ4v) is 3.47. The largest absolute Gasteiger partial charge is 0.325 e. The molecule has 0 aromatic heterocycles. The Morgan fingerprint density at radius 3 is 2.80 bits per heavy atom. The van der Waals surface area contributed by atoms with Crippen molar-refractivity contribution >= 4 is 35.0 Å². The van der Waals surface area contributed by atoms with Crippen molar-refractivity contribution in [1.82, 2.24) is 5.32 Å². The zero-order chi connectivity index (χ0) is 14.4. The fourth-order valence-electron chi connectivity index (χ4n) is 2.52. The van der Waals surface area contributed by atoms with Crippen LogP contribution in [0.2, 0.25) is 5.02 Å². The van der Waals surface area contributed by atoms with E-state index in [1.54, 1.807) is 12.1 Å². The second-order valence-electron chi connectivity index (χ2n) is 5.16. The molecule has 110 valence electrons. The molecular formula is C15H21ClN2OS. The van der Waals surface area contributed by atoms with Gasteiger partial charge in [0.05, 0.1) is 6.54 Å². The van der Waals surface area contributed by atoms with Crippen LogP contribution in [0, 0.1) is 0 Å². The first kappa shape index (κ1) is 15.7. The van der Waals surface area contributed by atoms with Crippen LogP contribution in [-0.4, -0.2) is 30.0 Å². The third-order valence-corrected chi connectivity index (χ3v) is 4.99. The summed E-state index contributed by atoms with van der Waals surface area (Å²) in [6, 6.07) is 7.64. The number of hydrogen-bond acceptors (Lipinski definition) is 3. The van der Waals surface area contributed by atoms with Crippen LogP contribution in [-0.2, 0) is 4.79 Å². The molecule has 1 aliphatic rings. The van der Waals surface area contributed by atoms with Gasteiger partial charge in [0.15, 0.2) is 0 Å². The number of halogens is 1. The molecule has 0 saturated heterocycles. The Morgan fingerprint density at radius 2 is 2.10 bits per heavy atom. The van der Waals surface area contributed by atoms with Crippen LogP contribution < -0.4 is 10.6 Å². The van der Waals surface area contributed by atoms with E-state index in [4.69, 9.17) is 11.6 Å². The van der Waals surface area contributed by atoms with E-state index in [0.29, 0.717) is 17.6 Å². The summed E-state index contributed by atoms with van der Waals surface area (Å²) in [6.45, 7) is 0.369. The zero-order valence-corrected chi connectivity index (χ0v) is 13.3. The van der Waals surface area contributed by atoms with Gasteiger partial charge in [0.1, 0.15) is 0 Å². The summed E-state index contributed by atoms with van der Waals surface area (Å²) >= 11 is 7.75. The van der Waals surface area contributed by atoms with Gasteiger partial charge in [0, 0.05) is 22.0 Å². The second-order valence-corrected chi connectivity index (χ2v) is 6.73. The molecule has 20 heavy (non-hydrogen) atoms.